The van der Waals surface area contributed by atoms with Gasteiger partial charge in [-0.2, -0.15) is 0 Å². The minimum absolute atomic E-state index is 0.0928. The van der Waals surface area contributed by atoms with E-state index >= 15 is 0 Å². The maximum Gasteiger partial charge on any atom is 0.336 e. The van der Waals surface area contributed by atoms with E-state index in [9.17, 15) is 4.79 Å². The fourth-order valence-electron chi connectivity index (χ4n) is 2.30. The van der Waals surface area contributed by atoms with Crippen molar-refractivity contribution >= 4 is 5.97 Å². The third kappa shape index (κ3) is 2.33. The summed E-state index contributed by atoms with van der Waals surface area (Å²) < 4.78 is 5.07. The van der Waals surface area contributed by atoms with Gasteiger partial charge in [0.25, 0.3) is 0 Å². The van der Waals surface area contributed by atoms with Gasteiger partial charge in [0.1, 0.15) is 0 Å². The summed E-state index contributed by atoms with van der Waals surface area (Å²) in [7, 11) is 0. The molecular formula is C14H17NO2. The van der Waals surface area contributed by atoms with Crippen LogP contribution >= 0.6 is 0 Å². The van der Waals surface area contributed by atoms with Crippen LogP contribution in [0.3, 0.4) is 0 Å². The Morgan fingerprint density at radius 3 is 2.76 bits per heavy atom. The van der Waals surface area contributed by atoms with Crippen molar-refractivity contribution in [3.63, 3.8) is 0 Å². The van der Waals surface area contributed by atoms with Gasteiger partial charge in [-0.05, 0) is 25.3 Å². The van der Waals surface area contributed by atoms with Gasteiger partial charge in [-0.25, -0.2) is 4.79 Å². The standard InChI is InChI=1S/C14H17NO2/c1-2-17-14(16)13-11(8-9-12(13)15)10-6-4-3-5-7-10/h3-7,11H,2,8-9,15H2,1H3. The number of benzene rings is 1. The molecule has 0 radical (unpaired) electrons. The van der Waals surface area contributed by atoms with Gasteiger partial charge in [0.05, 0.1) is 12.2 Å². The first-order valence-electron chi connectivity index (χ1n) is 5.94. The molecule has 2 rings (SSSR count). The summed E-state index contributed by atoms with van der Waals surface area (Å²) >= 11 is 0. The van der Waals surface area contributed by atoms with Gasteiger partial charge in [0.15, 0.2) is 0 Å². The first-order valence-corrected chi connectivity index (χ1v) is 5.94. The van der Waals surface area contributed by atoms with E-state index < -0.39 is 0 Å². The molecule has 3 nitrogen and oxygen atoms in total. The van der Waals surface area contributed by atoms with Gasteiger partial charge >= 0.3 is 5.97 Å². The zero-order valence-electron chi connectivity index (χ0n) is 9.98. The first kappa shape index (κ1) is 11.7. The van der Waals surface area contributed by atoms with Gasteiger partial charge in [-0.15, -0.1) is 0 Å². The number of nitrogens with two attached hydrogens (primary N) is 1. The zero-order valence-corrected chi connectivity index (χ0v) is 9.98. The molecular weight excluding hydrogens is 214 g/mol. The molecule has 1 aliphatic carbocycles. The van der Waals surface area contributed by atoms with Crippen molar-refractivity contribution in [1.82, 2.24) is 0 Å². The Kier molecular flexibility index (Phi) is 3.47. The van der Waals surface area contributed by atoms with Crippen molar-refractivity contribution < 1.29 is 9.53 Å². The molecule has 0 heterocycles. The summed E-state index contributed by atoms with van der Waals surface area (Å²) in [6.07, 6.45) is 1.66. The van der Waals surface area contributed by atoms with Gasteiger partial charge < -0.3 is 10.5 Å². The molecule has 1 unspecified atom stereocenters. The van der Waals surface area contributed by atoms with E-state index in [-0.39, 0.29) is 11.9 Å². The van der Waals surface area contributed by atoms with Crippen LogP contribution in [-0.4, -0.2) is 12.6 Å². The van der Waals surface area contributed by atoms with Crippen molar-refractivity contribution in [2.75, 3.05) is 6.61 Å². The van der Waals surface area contributed by atoms with Crippen molar-refractivity contribution in [3.8, 4) is 0 Å². The van der Waals surface area contributed by atoms with Crippen LogP contribution in [0, 0.1) is 0 Å². The molecule has 0 bridgehead atoms. The second-order valence-electron chi connectivity index (χ2n) is 4.16. The molecule has 2 N–H and O–H groups in total. The minimum atomic E-state index is -0.267. The lowest BCUT2D eigenvalue weighted by Crippen LogP contribution is -2.15. The molecule has 0 saturated carbocycles. The van der Waals surface area contributed by atoms with Crippen LogP contribution in [0.15, 0.2) is 41.6 Å². The molecule has 17 heavy (non-hydrogen) atoms. The number of hydrogen-bond acceptors (Lipinski definition) is 3. The van der Waals surface area contributed by atoms with E-state index in [1.807, 2.05) is 30.3 Å². The lowest BCUT2D eigenvalue weighted by atomic mass is 9.92. The summed E-state index contributed by atoms with van der Waals surface area (Å²) in [6, 6.07) is 9.99. The van der Waals surface area contributed by atoms with E-state index in [1.54, 1.807) is 6.92 Å². The summed E-state index contributed by atoms with van der Waals surface area (Å²) in [5.41, 5.74) is 8.38. The number of ether oxygens (including phenoxy) is 1. The Morgan fingerprint density at radius 2 is 2.12 bits per heavy atom. The molecule has 0 fully saturated rings. The number of rotatable bonds is 3. The zero-order chi connectivity index (χ0) is 12.3. The number of esters is 1. The van der Waals surface area contributed by atoms with E-state index in [0.29, 0.717) is 17.9 Å². The van der Waals surface area contributed by atoms with Gasteiger partial charge in [0, 0.05) is 11.6 Å². The monoisotopic (exact) mass is 231 g/mol. The molecule has 1 aliphatic rings. The molecule has 1 aromatic rings. The highest BCUT2D eigenvalue weighted by Gasteiger charge is 2.31. The fraction of sp³-hybridized carbons (Fsp3) is 0.357. The Labute approximate surface area is 101 Å². The van der Waals surface area contributed by atoms with Crippen LogP contribution in [0.4, 0.5) is 0 Å². The molecule has 0 aromatic heterocycles. The average Bonchev–Trinajstić information content (AvgIpc) is 2.73. The maximum atomic E-state index is 11.9. The number of carbonyl (C=O) groups excluding carboxylic acids is 1. The van der Waals surface area contributed by atoms with Gasteiger partial charge in [-0.1, -0.05) is 30.3 Å². The first-order chi connectivity index (χ1) is 8.24. The van der Waals surface area contributed by atoms with Crippen molar-refractivity contribution in [1.29, 1.82) is 0 Å². The van der Waals surface area contributed by atoms with Gasteiger partial charge in [0.2, 0.25) is 0 Å². The van der Waals surface area contributed by atoms with E-state index in [0.717, 1.165) is 18.4 Å². The molecule has 0 spiro atoms. The Bertz CT molecular complexity index is 437. The van der Waals surface area contributed by atoms with Crippen molar-refractivity contribution in [2.45, 2.75) is 25.7 Å². The highest BCUT2D eigenvalue weighted by atomic mass is 16.5. The van der Waals surface area contributed by atoms with Crippen LogP contribution in [0.25, 0.3) is 0 Å². The largest absolute Gasteiger partial charge is 0.463 e. The molecule has 0 aliphatic heterocycles. The summed E-state index contributed by atoms with van der Waals surface area (Å²) in [4.78, 5) is 11.9. The second kappa shape index (κ2) is 5.04. The van der Waals surface area contributed by atoms with Crippen LogP contribution in [0.1, 0.15) is 31.2 Å². The van der Waals surface area contributed by atoms with Crippen LogP contribution in [0.2, 0.25) is 0 Å². The second-order valence-corrected chi connectivity index (χ2v) is 4.16. The molecule has 1 atom stereocenters. The number of hydrogen-bond donors (Lipinski definition) is 1. The summed E-state index contributed by atoms with van der Waals surface area (Å²) in [5, 5.41) is 0. The third-order valence-corrected chi connectivity index (χ3v) is 3.09. The Morgan fingerprint density at radius 1 is 1.41 bits per heavy atom. The summed E-state index contributed by atoms with van der Waals surface area (Å²) in [6.45, 7) is 2.19. The molecule has 3 heteroatoms. The minimum Gasteiger partial charge on any atom is -0.463 e. The smallest absolute Gasteiger partial charge is 0.336 e. The predicted octanol–water partition coefficient (Wildman–Crippen LogP) is 2.34. The highest BCUT2D eigenvalue weighted by molar-refractivity contribution is 5.91. The van der Waals surface area contributed by atoms with E-state index in [1.165, 1.54) is 0 Å². The Hall–Kier alpha value is -1.77. The lowest BCUT2D eigenvalue weighted by molar-refractivity contribution is -0.138. The lowest BCUT2D eigenvalue weighted by Gasteiger charge is -2.14. The highest BCUT2D eigenvalue weighted by Crippen LogP contribution is 2.38. The van der Waals surface area contributed by atoms with Crippen LogP contribution in [-0.2, 0) is 9.53 Å². The quantitative estimate of drug-likeness (QED) is 0.812. The van der Waals surface area contributed by atoms with Gasteiger partial charge in [-0.3, -0.25) is 0 Å². The Balaban J connectivity index is 2.28. The van der Waals surface area contributed by atoms with Crippen molar-refractivity contribution in [3.05, 3.63) is 47.2 Å². The van der Waals surface area contributed by atoms with E-state index in [2.05, 4.69) is 0 Å². The average molecular weight is 231 g/mol. The van der Waals surface area contributed by atoms with Crippen molar-refractivity contribution in [2.24, 2.45) is 5.73 Å². The van der Waals surface area contributed by atoms with Crippen LogP contribution in [0.5, 0.6) is 0 Å². The van der Waals surface area contributed by atoms with E-state index in [4.69, 9.17) is 10.5 Å². The fourth-order valence-corrected chi connectivity index (χ4v) is 2.30. The van der Waals surface area contributed by atoms with Crippen LogP contribution < -0.4 is 5.73 Å². The SMILES string of the molecule is CCOC(=O)C1=C(N)CCC1c1ccccc1. The molecule has 90 valence electrons. The normalized spacial score (nSPS) is 19.5. The maximum absolute atomic E-state index is 11.9. The predicted molar refractivity (Wildman–Crippen MR) is 66.3 cm³/mol. The third-order valence-electron chi connectivity index (χ3n) is 3.09. The molecule has 0 amide bonds. The molecule has 1 aromatic carbocycles. The molecule has 0 saturated heterocycles. The number of carbonyl (C=O) groups is 1. The topological polar surface area (TPSA) is 52.3 Å². The summed E-state index contributed by atoms with van der Waals surface area (Å²) in [5.74, 6) is -0.174. The number of allylic oxidation sites excluding steroid dienone is 1.